The van der Waals surface area contributed by atoms with Crippen LogP contribution in [0.1, 0.15) is 32.9 Å². The first kappa shape index (κ1) is 25.2. The van der Waals surface area contributed by atoms with Gasteiger partial charge >= 0.3 is 12.4 Å². The van der Waals surface area contributed by atoms with E-state index in [4.69, 9.17) is 11.6 Å². The smallest absolute Gasteiger partial charge is 0.310 e. The molecular formula is C21H14ClF7N4O. The van der Waals surface area contributed by atoms with E-state index in [1.165, 1.54) is 6.07 Å². The zero-order valence-electron chi connectivity index (χ0n) is 17.1. The van der Waals surface area contributed by atoms with Gasteiger partial charge in [0.25, 0.3) is 5.91 Å². The number of rotatable bonds is 4. The molecule has 0 radical (unpaired) electrons. The molecule has 2 aromatic carbocycles. The van der Waals surface area contributed by atoms with Crippen molar-refractivity contribution in [1.29, 1.82) is 0 Å². The number of nitrogens with one attached hydrogen (secondary N) is 2. The van der Waals surface area contributed by atoms with Crippen molar-refractivity contribution in [2.45, 2.75) is 25.7 Å². The fraction of sp³-hybridized carbons (Fsp3) is 0.190. The summed E-state index contributed by atoms with van der Waals surface area (Å²) in [5.41, 5.74) is -2.65. The molecule has 0 saturated carbocycles. The molecular weight excluding hydrogens is 493 g/mol. The maximum atomic E-state index is 13.7. The molecule has 1 amide bonds. The number of aromatic amines is 1. The quantitative estimate of drug-likeness (QED) is 0.249. The van der Waals surface area contributed by atoms with Crippen LogP contribution in [0.4, 0.5) is 36.4 Å². The predicted octanol–water partition coefficient (Wildman–Crippen LogP) is 6.25. The van der Waals surface area contributed by atoms with E-state index in [1.54, 1.807) is 0 Å². The van der Waals surface area contributed by atoms with Crippen molar-refractivity contribution in [3.8, 4) is 0 Å². The van der Waals surface area contributed by atoms with E-state index in [-0.39, 0.29) is 33.4 Å². The Balaban J connectivity index is 1.94. The molecule has 0 bridgehead atoms. The monoisotopic (exact) mass is 506 g/mol. The third-order valence-electron chi connectivity index (χ3n) is 4.57. The van der Waals surface area contributed by atoms with E-state index in [2.05, 4.69) is 20.5 Å². The van der Waals surface area contributed by atoms with Gasteiger partial charge in [-0.3, -0.25) is 9.89 Å². The number of nitrogens with zero attached hydrogens (tertiary/aromatic N) is 2. The van der Waals surface area contributed by atoms with Gasteiger partial charge in [0.1, 0.15) is 11.7 Å². The molecule has 0 atom stereocenters. The van der Waals surface area contributed by atoms with Crippen LogP contribution in [0.5, 0.6) is 0 Å². The summed E-state index contributed by atoms with van der Waals surface area (Å²) >= 11 is 5.80. The van der Waals surface area contributed by atoms with Crippen LogP contribution in [0, 0.1) is 12.7 Å². The van der Waals surface area contributed by atoms with Crippen molar-refractivity contribution in [2.75, 3.05) is 0 Å². The average Bonchev–Trinajstić information content (AvgIpc) is 3.07. The zero-order valence-corrected chi connectivity index (χ0v) is 17.8. The second-order valence-corrected chi connectivity index (χ2v) is 7.50. The molecule has 0 aliphatic rings. The summed E-state index contributed by atoms with van der Waals surface area (Å²) in [4.78, 5) is 16.7. The van der Waals surface area contributed by atoms with E-state index >= 15 is 0 Å². The third-order valence-corrected chi connectivity index (χ3v) is 4.79. The summed E-state index contributed by atoms with van der Waals surface area (Å²) in [7, 11) is 0. The van der Waals surface area contributed by atoms with E-state index in [0.717, 1.165) is 31.2 Å². The van der Waals surface area contributed by atoms with Crippen molar-refractivity contribution >= 4 is 29.0 Å². The molecule has 180 valence electrons. The zero-order chi connectivity index (χ0) is 25.3. The van der Waals surface area contributed by atoms with E-state index in [1.807, 2.05) is 0 Å². The number of halogens is 8. The van der Waals surface area contributed by atoms with E-state index in [0.29, 0.717) is 12.1 Å². The Labute approximate surface area is 192 Å². The van der Waals surface area contributed by atoms with Crippen molar-refractivity contribution in [3.63, 3.8) is 0 Å². The molecule has 0 aliphatic carbocycles. The highest BCUT2D eigenvalue weighted by Gasteiger charge is 2.36. The Bertz CT molecular complexity index is 1210. The fourth-order valence-corrected chi connectivity index (χ4v) is 3.15. The van der Waals surface area contributed by atoms with Gasteiger partial charge in [0, 0.05) is 28.3 Å². The first-order valence-corrected chi connectivity index (χ1v) is 9.75. The van der Waals surface area contributed by atoms with Gasteiger partial charge < -0.3 is 5.32 Å². The second kappa shape index (κ2) is 9.45. The standard InChI is InChI=1S/C21H14ClF7N4O/c1-10-16(32-33-18(10)21(27,28)29)9-17(30-15-7-13(22)6-14(23)8-15)31-19(34)11-2-4-12(5-3-11)20(24,25)26/h2-8H,9H2,1H3,(H,32,33)(H,30,31,34). The summed E-state index contributed by atoms with van der Waals surface area (Å²) in [6.45, 7) is 1.16. The summed E-state index contributed by atoms with van der Waals surface area (Å²) in [6, 6.07) is 6.47. The molecule has 3 aromatic rings. The molecule has 0 spiro atoms. The van der Waals surface area contributed by atoms with E-state index in [9.17, 15) is 35.5 Å². The van der Waals surface area contributed by atoms with Gasteiger partial charge in [-0.15, -0.1) is 0 Å². The largest absolute Gasteiger partial charge is 0.435 e. The van der Waals surface area contributed by atoms with Gasteiger partial charge in [-0.2, -0.15) is 31.4 Å². The Morgan fingerprint density at radius 3 is 2.24 bits per heavy atom. The normalized spacial score (nSPS) is 12.7. The summed E-state index contributed by atoms with van der Waals surface area (Å²) in [5.74, 6) is -1.87. The maximum Gasteiger partial charge on any atom is 0.435 e. The highest BCUT2D eigenvalue weighted by atomic mass is 35.5. The molecule has 0 fully saturated rings. The number of aromatic nitrogens is 2. The first-order valence-electron chi connectivity index (χ1n) is 9.37. The topological polar surface area (TPSA) is 70.1 Å². The number of carbonyl (C=O) groups excluding carboxylic acids is 1. The average molecular weight is 507 g/mol. The van der Waals surface area contributed by atoms with Crippen LogP contribution in [-0.2, 0) is 18.8 Å². The SMILES string of the molecule is Cc1c(C(F)(F)F)n[nH]c1CC(=Nc1cc(F)cc(Cl)c1)NC(=O)c1ccc(C(F)(F)F)cc1. The molecule has 13 heteroatoms. The molecule has 3 rings (SSSR count). The van der Waals surface area contributed by atoms with Gasteiger partial charge in [-0.1, -0.05) is 11.6 Å². The van der Waals surface area contributed by atoms with Crippen molar-refractivity contribution in [1.82, 2.24) is 15.5 Å². The minimum Gasteiger partial charge on any atom is -0.310 e. The molecule has 0 aliphatic heterocycles. The lowest BCUT2D eigenvalue weighted by atomic mass is 10.1. The summed E-state index contributed by atoms with van der Waals surface area (Å²) in [5, 5.41) is 7.78. The summed E-state index contributed by atoms with van der Waals surface area (Å²) < 4.78 is 91.1. The Morgan fingerprint density at radius 1 is 1.06 bits per heavy atom. The molecule has 1 aromatic heterocycles. The number of hydrogen-bond acceptors (Lipinski definition) is 3. The lowest BCUT2D eigenvalue weighted by Crippen LogP contribution is -2.32. The lowest BCUT2D eigenvalue weighted by Gasteiger charge is -2.11. The molecule has 1 heterocycles. The van der Waals surface area contributed by atoms with Gasteiger partial charge in [0.2, 0.25) is 0 Å². The lowest BCUT2D eigenvalue weighted by molar-refractivity contribution is -0.141. The Morgan fingerprint density at radius 2 is 1.71 bits per heavy atom. The Hall–Kier alpha value is -3.41. The van der Waals surface area contributed by atoms with Crippen molar-refractivity contribution in [3.05, 3.63) is 81.4 Å². The highest BCUT2D eigenvalue weighted by Crippen LogP contribution is 2.32. The first-order chi connectivity index (χ1) is 15.7. The molecule has 0 unspecified atom stereocenters. The predicted molar refractivity (Wildman–Crippen MR) is 109 cm³/mol. The van der Waals surface area contributed by atoms with Gasteiger partial charge in [0.05, 0.1) is 11.3 Å². The highest BCUT2D eigenvalue weighted by molar-refractivity contribution is 6.30. The minimum absolute atomic E-state index is 0.0238. The maximum absolute atomic E-state index is 13.7. The number of benzene rings is 2. The van der Waals surface area contributed by atoms with Crippen LogP contribution < -0.4 is 5.32 Å². The Kier molecular flexibility index (Phi) is 7.01. The van der Waals surface area contributed by atoms with Crippen LogP contribution in [-0.4, -0.2) is 21.9 Å². The fourth-order valence-electron chi connectivity index (χ4n) is 2.93. The van der Waals surface area contributed by atoms with Gasteiger partial charge in [0.15, 0.2) is 5.69 Å². The van der Waals surface area contributed by atoms with Crippen LogP contribution >= 0.6 is 11.6 Å². The molecule has 34 heavy (non-hydrogen) atoms. The molecule has 2 N–H and O–H groups in total. The van der Waals surface area contributed by atoms with Crippen LogP contribution in [0.2, 0.25) is 5.02 Å². The van der Waals surface area contributed by atoms with Gasteiger partial charge in [-0.25, -0.2) is 9.38 Å². The molecule has 5 nitrogen and oxygen atoms in total. The molecule has 0 saturated heterocycles. The number of aliphatic imine (C=N–C) groups is 1. The van der Waals surface area contributed by atoms with E-state index < -0.39 is 41.8 Å². The summed E-state index contributed by atoms with van der Waals surface area (Å²) in [6.07, 6.45) is -9.72. The number of amides is 1. The van der Waals surface area contributed by atoms with Crippen molar-refractivity contribution in [2.24, 2.45) is 4.99 Å². The number of amidine groups is 1. The van der Waals surface area contributed by atoms with Crippen LogP contribution in [0.15, 0.2) is 47.5 Å². The minimum atomic E-state index is -4.73. The number of hydrogen-bond donors (Lipinski definition) is 2. The third kappa shape index (κ3) is 6.13. The van der Waals surface area contributed by atoms with Crippen molar-refractivity contribution < 1.29 is 35.5 Å². The number of alkyl halides is 6. The number of carbonyl (C=O) groups is 1. The van der Waals surface area contributed by atoms with Crippen LogP contribution in [0.3, 0.4) is 0 Å². The van der Waals surface area contributed by atoms with Crippen LogP contribution in [0.25, 0.3) is 0 Å². The second-order valence-electron chi connectivity index (χ2n) is 7.07. The number of H-pyrrole nitrogens is 1. The van der Waals surface area contributed by atoms with Gasteiger partial charge in [-0.05, 0) is 49.4 Å².